The molecule has 1 N–H and O–H groups in total. The molecule has 0 aromatic carbocycles. The van der Waals surface area contributed by atoms with E-state index in [9.17, 15) is 0 Å². The molecular weight excluding hydrogens is 256 g/mol. The minimum absolute atomic E-state index is 0.725. The molecule has 2 heteroatoms. The van der Waals surface area contributed by atoms with E-state index in [-0.39, 0.29) is 0 Å². The average molecular weight is 293 g/mol. The van der Waals surface area contributed by atoms with E-state index in [1.54, 1.807) is 0 Å². The molecule has 1 saturated heterocycles. The molecule has 0 amide bonds. The second-order valence-electron chi connectivity index (χ2n) is 8.69. The monoisotopic (exact) mass is 292 g/mol. The number of hydrogen-bond acceptors (Lipinski definition) is 2. The van der Waals surface area contributed by atoms with E-state index in [1.165, 1.54) is 51.6 Å². The van der Waals surface area contributed by atoms with Gasteiger partial charge in [0.15, 0.2) is 0 Å². The van der Waals surface area contributed by atoms with Gasteiger partial charge < -0.3 is 10.2 Å². The molecule has 2 bridgehead atoms. The molecule has 5 atom stereocenters. The topological polar surface area (TPSA) is 15.3 Å². The van der Waals surface area contributed by atoms with Crippen LogP contribution in [0.3, 0.4) is 0 Å². The second kappa shape index (κ2) is 6.58. The third-order valence-corrected chi connectivity index (χ3v) is 6.67. The van der Waals surface area contributed by atoms with Crippen molar-refractivity contribution < 1.29 is 0 Å². The van der Waals surface area contributed by atoms with Crippen LogP contribution in [0, 0.1) is 23.7 Å². The number of hydrogen-bond donors (Lipinski definition) is 1. The van der Waals surface area contributed by atoms with Crippen LogP contribution in [-0.4, -0.2) is 36.1 Å². The third-order valence-electron chi connectivity index (χ3n) is 6.67. The fourth-order valence-electron chi connectivity index (χ4n) is 5.33. The van der Waals surface area contributed by atoms with E-state index < -0.39 is 0 Å². The fourth-order valence-corrected chi connectivity index (χ4v) is 5.33. The molecule has 122 valence electrons. The Hall–Kier alpha value is -0.0800. The Labute approximate surface area is 132 Å². The van der Waals surface area contributed by atoms with Crippen molar-refractivity contribution in [3.05, 3.63) is 0 Å². The SMILES string of the molecule is CC1CCC(NC2C3CCCC2CN(C(C)C)C3)C(C)C1. The van der Waals surface area contributed by atoms with E-state index in [0.717, 1.165) is 41.8 Å². The van der Waals surface area contributed by atoms with Crippen LogP contribution >= 0.6 is 0 Å². The van der Waals surface area contributed by atoms with Gasteiger partial charge in [-0.2, -0.15) is 0 Å². The van der Waals surface area contributed by atoms with Crippen LogP contribution in [0.4, 0.5) is 0 Å². The molecule has 0 radical (unpaired) electrons. The third kappa shape index (κ3) is 3.47. The molecule has 0 aromatic rings. The van der Waals surface area contributed by atoms with Crippen molar-refractivity contribution in [2.45, 2.75) is 84.3 Å². The second-order valence-corrected chi connectivity index (χ2v) is 8.69. The summed E-state index contributed by atoms with van der Waals surface area (Å²) in [4.78, 5) is 2.74. The predicted molar refractivity (Wildman–Crippen MR) is 90.4 cm³/mol. The molecule has 3 rings (SSSR count). The Balaban J connectivity index is 1.63. The van der Waals surface area contributed by atoms with Crippen molar-refractivity contribution in [2.24, 2.45) is 23.7 Å². The molecule has 2 saturated carbocycles. The Morgan fingerprint density at radius 3 is 2.19 bits per heavy atom. The normalized spacial score (nSPS) is 45.0. The van der Waals surface area contributed by atoms with Gasteiger partial charge in [0.05, 0.1) is 0 Å². The van der Waals surface area contributed by atoms with Crippen LogP contribution in [0.25, 0.3) is 0 Å². The highest BCUT2D eigenvalue weighted by molar-refractivity contribution is 4.97. The molecule has 3 fully saturated rings. The lowest BCUT2D eigenvalue weighted by Crippen LogP contribution is -2.61. The maximum absolute atomic E-state index is 4.16. The lowest BCUT2D eigenvalue weighted by molar-refractivity contribution is 0.0179. The minimum atomic E-state index is 0.725. The first-order valence-electron chi connectivity index (χ1n) is 9.54. The molecule has 1 heterocycles. The van der Waals surface area contributed by atoms with E-state index in [1.807, 2.05) is 0 Å². The zero-order valence-electron chi connectivity index (χ0n) is 14.6. The van der Waals surface area contributed by atoms with E-state index >= 15 is 0 Å². The first-order valence-corrected chi connectivity index (χ1v) is 9.54. The summed E-state index contributed by atoms with van der Waals surface area (Å²) in [5.74, 6) is 3.64. The van der Waals surface area contributed by atoms with Gasteiger partial charge in [-0.15, -0.1) is 0 Å². The number of rotatable bonds is 3. The Morgan fingerprint density at radius 2 is 1.62 bits per heavy atom. The number of nitrogens with zero attached hydrogens (tertiary/aromatic N) is 1. The van der Waals surface area contributed by atoms with Gasteiger partial charge in [-0.1, -0.05) is 20.3 Å². The van der Waals surface area contributed by atoms with Crippen LogP contribution < -0.4 is 5.32 Å². The Bertz CT molecular complexity index is 326. The highest BCUT2D eigenvalue weighted by Crippen LogP contribution is 2.37. The highest BCUT2D eigenvalue weighted by Gasteiger charge is 2.41. The van der Waals surface area contributed by atoms with Gasteiger partial charge in [0, 0.05) is 31.2 Å². The van der Waals surface area contributed by atoms with Gasteiger partial charge >= 0.3 is 0 Å². The Morgan fingerprint density at radius 1 is 0.952 bits per heavy atom. The summed E-state index contributed by atoms with van der Waals surface area (Å²) in [7, 11) is 0. The van der Waals surface area contributed by atoms with Gasteiger partial charge in [0.1, 0.15) is 0 Å². The van der Waals surface area contributed by atoms with Crippen molar-refractivity contribution in [2.75, 3.05) is 13.1 Å². The summed E-state index contributed by atoms with van der Waals surface area (Å²) < 4.78 is 0. The van der Waals surface area contributed by atoms with Crippen LogP contribution in [0.2, 0.25) is 0 Å². The van der Waals surface area contributed by atoms with E-state index in [0.29, 0.717) is 0 Å². The lowest BCUT2D eigenvalue weighted by atomic mass is 9.71. The summed E-state index contributed by atoms with van der Waals surface area (Å²) >= 11 is 0. The minimum Gasteiger partial charge on any atom is -0.310 e. The lowest BCUT2D eigenvalue weighted by Gasteiger charge is -2.51. The zero-order valence-corrected chi connectivity index (χ0v) is 14.6. The standard InChI is InChI=1S/C19H36N2/c1-13(2)21-11-16-6-5-7-17(12-21)19(16)20-18-9-8-14(3)10-15(18)4/h13-20H,5-12H2,1-4H3. The summed E-state index contributed by atoms with van der Waals surface area (Å²) in [6, 6.07) is 2.33. The van der Waals surface area contributed by atoms with Gasteiger partial charge in [-0.25, -0.2) is 0 Å². The van der Waals surface area contributed by atoms with Gasteiger partial charge in [0.25, 0.3) is 0 Å². The molecule has 0 aromatic heterocycles. The smallest absolute Gasteiger partial charge is 0.0151 e. The summed E-state index contributed by atoms with van der Waals surface area (Å²) in [5.41, 5.74) is 0. The maximum atomic E-state index is 4.16. The summed E-state index contributed by atoms with van der Waals surface area (Å²) in [5, 5.41) is 4.16. The van der Waals surface area contributed by atoms with Crippen molar-refractivity contribution >= 4 is 0 Å². The van der Waals surface area contributed by atoms with Gasteiger partial charge in [0.2, 0.25) is 0 Å². The molecular formula is C19H36N2. The fraction of sp³-hybridized carbons (Fsp3) is 1.00. The number of nitrogens with one attached hydrogen (secondary N) is 1. The van der Waals surface area contributed by atoms with Crippen LogP contribution in [0.15, 0.2) is 0 Å². The van der Waals surface area contributed by atoms with Crippen molar-refractivity contribution in [3.63, 3.8) is 0 Å². The van der Waals surface area contributed by atoms with E-state index in [4.69, 9.17) is 0 Å². The molecule has 21 heavy (non-hydrogen) atoms. The van der Waals surface area contributed by atoms with Crippen molar-refractivity contribution in [1.29, 1.82) is 0 Å². The zero-order chi connectivity index (χ0) is 15.0. The van der Waals surface area contributed by atoms with Crippen molar-refractivity contribution in [3.8, 4) is 0 Å². The summed E-state index contributed by atoms with van der Waals surface area (Å²) in [6.07, 6.45) is 8.65. The average Bonchev–Trinajstić information content (AvgIpc) is 2.41. The summed E-state index contributed by atoms with van der Waals surface area (Å²) in [6.45, 7) is 12.3. The predicted octanol–water partition coefficient (Wildman–Crippen LogP) is 3.91. The molecule has 0 spiro atoms. The van der Waals surface area contributed by atoms with Gasteiger partial charge in [-0.05, 0) is 69.6 Å². The molecule has 1 aliphatic heterocycles. The number of fused-ring (bicyclic) bond motifs is 2. The van der Waals surface area contributed by atoms with Crippen LogP contribution in [0.1, 0.15) is 66.2 Å². The first-order chi connectivity index (χ1) is 10.0. The number of likely N-dealkylation sites (tertiary alicyclic amines) is 1. The number of piperidine rings is 1. The molecule has 5 unspecified atom stereocenters. The quantitative estimate of drug-likeness (QED) is 0.848. The largest absolute Gasteiger partial charge is 0.310 e. The molecule has 3 aliphatic rings. The highest BCUT2D eigenvalue weighted by atomic mass is 15.2. The maximum Gasteiger partial charge on any atom is 0.0151 e. The Kier molecular flexibility index (Phi) is 4.95. The first kappa shape index (κ1) is 15.8. The van der Waals surface area contributed by atoms with Crippen molar-refractivity contribution in [1.82, 2.24) is 10.2 Å². The molecule has 2 nitrogen and oxygen atoms in total. The molecule has 2 aliphatic carbocycles. The van der Waals surface area contributed by atoms with Crippen LogP contribution in [-0.2, 0) is 0 Å². The van der Waals surface area contributed by atoms with Gasteiger partial charge in [-0.3, -0.25) is 0 Å². The van der Waals surface area contributed by atoms with Crippen LogP contribution in [0.5, 0.6) is 0 Å². The van der Waals surface area contributed by atoms with E-state index in [2.05, 4.69) is 37.9 Å².